The molecule has 1 rings (SSSR count). The number of hydrogen-bond donors (Lipinski definition) is 1. The first-order valence-electron chi connectivity index (χ1n) is 4.53. The van der Waals surface area contributed by atoms with Gasteiger partial charge >= 0.3 is 0 Å². The Labute approximate surface area is 105 Å². The van der Waals surface area contributed by atoms with Crippen molar-refractivity contribution in [2.24, 2.45) is 0 Å². The molecule has 2 nitrogen and oxygen atoms in total. The molecule has 1 amide bonds. The van der Waals surface area contributed by atoms with Gasteiger partial charge in [-0.15, -0.1) is 0 Å². The fourth-order valence-electron chi connectivity index (χ4n) is 1.11. The van der Waals surface area contributed by atoms with Crippen LogP contribution in [0, 0.1) is 0 Å². The smallest absolute Gasteiger partial charge is 0.270 e. The zero-order valence-corrected chi connectivity index (χ0v) is 11.4. The second kappa shape index (κ2) is 7.77. The number of benzene rings is 1. The Morgan fingerprint density at radius 3 is 2.40 bits per heavy atom. The average molecular weight is 290 g/mol. The predicted octanol–water partition coefficient (Wildman–Crippen LogP) is -1.82. The van der Waals surface area contributed by atoms with Crippen molar-refractivity contribution in [3.05, 3.63) is 35.9 Å². The minimum atomic E-state index is 0. The van der Waals surface area contributed by atoms with Gasteiger partial charge < -0.3 is 22.3 Å². The summed E-state index contributed by atoms with van der Waals surface area (Å²) >= 11 is 0. The highest BCUT2D eigenvalue weighted by atomic mass is 79.9. The van der Waals surface area contributed by atoms with Gasteiger partial charge in [0, 0.05) is 6.54 Å². The third-order valence-corrected chi connectivity index (χ3v) is 2.59. The maximum absolute atomic E-state index is 11.3. The van der Waals surface area contributed by atoms with Crippen LogP contribution in [0.3, 0.4) is 0 Å². The van der Waals surface area contributed by atoms with Gasteiger partial charge in [-0.1, -0.05) is 30.3 Å². The van der Waals surface area contributed by atoms with Crippen molar-refractivity contribution in [3.8, 4) is 0 Å². The van der Waals surface area contributed by atoms with Crippen LogP contribution in [0.2, 0.25) is 0 Å². The monoisotopic (exact) mass is 289 g/mol. The van der Waals surface area contributed by atoms with Gasteiger partial charge in [-0.3, -0.25) is 4.79 Å². The number of hydrogen-bond acceptors (Lipinski definition) is 1. The molecule has 0 radical (unpaired) electrons. The fraction of sp³-hybridized carbons (Fsp3) is 0.364. The first-order valence-corrected chi connectivity index (χ1v) is 6.74. The lowest BCUT2D eigenvalue weighted by molar-refractivity contribution is -0.118. The maximum atomic E-state index is 11.3. The molecule has 0 aliphatic rings. The molecule has 0 aliphatic heterocycles. The van der Waals surface area contributed by atoms with Crippen molar-refractivity contribution in [2.75, 3.05) is 18.3 Å². The lowest BCUT2D eigenvalue weighted by Crippen LogP contribution is -3.00. The van der Waals surface area contributed by atoms with Gasteiger partial charge in [-0.2, -0.15) is 0 Å². The zero-order chi connectivity index (χ0) is 10.4. The molecule has 0 saturated heterocycles. The average Bonchev–Trinajstić information content (AvgIpc) is 2.15. The van der Waals surface area contributed by atoms with E-state index < -0.39 is 0 Å². The van der Waals surface area contributed by atoms with Crippen LogP contribution >= 0.6 is 0 Å². The van der Waals surface area contributed by atoms with Crippen LogP contribution < -0.4 is 22.3 Å². The summed E-state index contributed by atoms with van der Waals surface area (Å²) in [5, 5.41) is 2.90. The molecule has 1 N–H and O–H groups in total. The van der Waals surface area contributed by atoms with Gasteiger partial charge in [-0.05, 0) is 16.5 Å². The molecule has 0 aliphatic carbocycles. The summed E-state index contributed by atoms with van der Waals surface area (Å²) in [5.74, 6) is 0.773. The van der Waals surface area contributed by atoms with E-state index in [4.69, 9.17) is 0 Å². The van der Waals surface area contributed by atoms with Crippen molar-refractivity contribution in [1.29, 1.82) is 0 Å². The summed E-state index contributed by atoms with van der Waals surface area (Å²) < 4.78 is 0. The largest absolute Gasteiger partial charge is 1.00 e. The van der Waals surface area contributed by atoms with Crippen LogP contribution in [-0.2, 0) is 22.2 Å². The second-order valence-electron chi connectivity index (χ2n) is 3.39. The molecule has 0 atom stereocenters. The summed E-state index contributed by atoms with van der Waals surface area (Å²) in [7, 11) is 0.184. The third kappa shape index (κ3) is 6.57. The zero-order valence-electron chi connectivity index (χ0n) is 9.00. The van der Waals surface area contributed by atoms with Crippen LogP contribution in [0.5, 0.6) is 0 Å². The van der Waals surface area contributed by atoms with Crippen LogP contribution in [0.15, 0.2) is 30.3 Å². The SMILES string of the molecule is C[S+](C)CC(=O)NCc1ccccc1.[Br-]. The highest BCUT2D eigenvalue weighted by Crippen LogP contribution is 1.97. The van der Waals surface area contributed by atoms with Gasteiger partial charge in [0.05, 0.1) is 12.5 Å². The number of halogens is 1. The molecular formula is C11H16BrNOS. The Kier molecular flexibility index (Phi) is 7.52. The Balaban J connectivity index is 0.00000196. The van der Waals surface area contributed by atoms with E-state index in [9.17, 15) is 4.79 Å². The Bertz CT molecular complexity index is 290. The highest BCUT2D eigenvalue weighted by molar-refractivity contribution is 7.96. The van der Waals surface area contributed by atoms with Crippen LogP contribution in [0.1, 0.15) is 5.56 Å². The second-order valence-corrected chi connectivity index (χ2v) is 5.65. The molecule has 0 fully saturated rings. The van der Waals surface area contributed by atoms with Crippen molar-refractivity contribution < 1.29 is 21.8 Å². The molecule has 1 aromatic carbocycles. The van der Waals surface area contributed by atoms with Crippen molar-refractivity contribution in [2.45, 2.75) is 6.54 Å². The van der Waals surface area contributed by atoms with E-state index in [-0.39, 0.29) is 33.8 Å². The normalized spacial score (nSPS) is 9.53. The lowest BCUT2D eigenvalue weighted by atomic mass is 10.2. The third-order valence-electron chi connectivity index (χ3n) is 1.75. The Hall–Kier alpha value is -0.480. The molecule has 84 valence electrons. The molecule has 0 heterocycles. The molecule has 0 aromatic heterocycles. The van der Waals surface area contributed by atoms with E-state index >= 15 is 0 Å². The van der Waals surface area contributed by atoms with Crippen molar-refractivity contribution >= 4 is 16.8 Å². The van der Waals surface area contributed by atoms with Gasteiger partial charge in [0.2, 0.25) is 0 Å². The number of carbonyl (C=O) groups is 1. The minimum absolute atomic E-state index is 0. The molecule has 4 heteroatoms. The summed E-state index contributed by atoms with van der Waals surface area (Å²) in [6.45, 7) is 0.636. The van der Waals surface area contributed by atoms with Crippen LogP contribution in [0.25, 0.3) is 0 Å². The van der Waals surface area contributed by atoms with E-state index in [2.05, 4.69) is 17.8 Å². The molecule has 0 saturated carbocycles. The molecule has 1 aromatic rings. The summed E-state index contributed by atoms with van der Waals surface area (Å²) in [6.07, 6.45) is 4.14. The summed E-state index contributed by atoms with van der Waals surface area (Å²) in [5.41, 5.74) is 1.15. The highest BCUT2D eigenvalue weighted by Gasteiger charge is 2.10. The molecule has 0 unspecified atom stereocenters. The van der Waals surface area contributed by atoms with Gasteiger partial charge in [0.25, 0.3) is 5.91 Å². The molecule has 0 spiro atoms. The van der Waals surface area contributed by atoms with Crippen molar-refractivity contribution in [1.82, 2.24) is 5.32 Å². The molecule has 15 heavy (non-hydrogen) atoms. The molecule has 0 bridgehead atoms. The van der Waals surface area contributed by atoms with Gasteiger partial charge in [0.15, 0.2) is 5.75 Å². The first kappa shape index (κ1) is 14.5. The van der Waals surface area contributed by atoms with Crippen LogP contribution in [0.4, 0.5) is 0 Å². The van der Waals surface area contributed by atoms with E-state index in [0.717, 1.165) is 5.56 Å². The summed E-state index contributed by atoms with van der Waals surface area (Å²) in [6, 6.07) is 9.95. The quantitative estimate of drug-likeness (QED) is 0.651. The number of nitrogens with one attached hydrogen (secondary N) is 1. The molecular weight excluding hydrogens is 274 g/mol. The number of amides is 1. The maximum Gasteiger partial charge on any atom is 0.270 e. The standard InChI is InChI=1S/C11H15NOS.BrH/c1-14(2)9-11(13)12-8-10-6-4-3-5-7-10;/h3-7H,8-9H2,1-2H3;1H. The van der Waals surface area contributed by atoms with E-state index in [1.165, 1.54) is 0 Å². The van der Waals surface area contributed by atoms with E-state index in [1.54, 1.807) is 0 Å². The Morgan fingerprint density at radius 1 is 1.27 bits per heavy atom. The topological polar surface area (TPSA) is 29.1 Å². The van der Waals surface area contributed by atoms with Crippen molar-refractivity contribution in [3.63, 3.8) is 0 Å². The number of carbonyl (C=O) groups excluding carboxylic acids is 1. The fourth-order valence-corrected chi connectivity index (χ4v) is 1.74. The minimum Gasteiger partial charge on any atom is -1.00 e. The van der Waals surface area contributed by atoms with Gasteiger partial charge in [-0.25, -0.2) is 0 Å². The lowest BCUT2D eigenvalue weighted by Gasteiger charge is -2.03. The Morgan fingerprint density at radius 2 is 1.87 bits per heavy atom. The van der Waals surface area contributed by atoms with Crippen LogP contribution in [-0.4, -0.2) is 24.2 Å². The number of rotatable bonds is 4. The van der Waals surface area contributed by atoms with E-state index in [0.29, 0.717) is 12.3 Å². The first-order chi connectivity index (χ1) is 6.68. The van der Waals surface area contributed by atoms with Gasteiger partial charge in [0.1, 0.15) is 0 Å². The van der Waals surface area contributed by atoms with E-state index in [1.807, 2.05) is 30.3 Å². The predicted molar refractivity (Wildman–Crippen MR) is 62.4 cm³/mol. The summed E-state index contributed by atoms with van der Waals surface area (Å²) in [4.78, 5) is 11.3.